The van der Waals surface area contributed by atoms with Crippen molar-refractivity contribution in [1.29, 1.82) is 0 Å². The SMILES string of the molecule is CN(C)c1ncc(CNS(=O)(=O)c2cccc3ccccc23)cn1. The first-order chi connectivity index (χ1) is 11.5. The molecule has 0 radical (unpaired) electrons. The van der Waals surface area contributed by atoms with E-state index in [4.69, 9.17) is 0 Å². The van der Waals surface area contributed by atoms with E-state index < -0.39 is 10.0 Å². The molecule has 0 aliphatic rings. The Morgan fingerprint density at radius 3 is 2.38 bits per heavy atom. The summed E-state index contributed by atoms with van der Waals surface area (Å²) >= 11 is 0. The molecule has 2 aromatic carbocycles. The van der Waals surface area contributed by atoms with E-state index in [1.54, 1.807) is 35.5 Å². The molecule has 1 aromatic heterocycles. The van der Waals surface area contributed by atoms with Crippen molar-refractivity contribution in [3.05, 3.63) is 60.4 Å². The summed E-state index contributed by atoms with van der Waals surface area (Å²) in [5, 5.41) is 1.59. The molecule has 0 amide bonds. The van der Waals surface area contributed by atoms with Crippen LogP contribution in [0.4, 0.5) is 5.95 Å². The van der Waals surface area contributed by atoms with Gasteiger partial charge in [-0.15, -0.1) is 0 Å². The molecular formula is C17H18N4O2S. The van der Waals surface area contributed by atoms with Crippen molar-refractivity contribution >= 4 is 26.7 Å². The maximum Gasteiger partial charge on any atom is 0.241 e. The van der Waals surface area contributed by atoms with Crippen LogP contribution >= 0.6 is 0 Å². The molecule has 7 heteroatoms. The predicted octanol–water partition coefficient (Wildman–Crippen LogP) is 2.17. The van der Waals surface area contributed by atoms with Crippen LogP contribution in [-0.4, -0.2) is 32.5 Å². The smallest absolute Gasteiger partial charge is 0.241 e. The Morgan fingerprint density at radius 1 is 1.00 bits per heavy atom. The van der Waals surface area contributed by atoms with Gasteiger partial charge in [-0.3, -0.25) is 0 Å². The lowest BCUT2D eigenvalue weighted by atomic mass is 10.1. The summed E-state index contributed by atoms with van der Waals surface area (Å²) in [7, 11) is 0.0634. The van der Waals surface area contributed by atoms with Crippen LogP contribution in [0.2, 0.25) is 0 Å². The number of fused-ring (bicyclic) bond motifs is 1. The summed E-state index contributed by atoms with van der Waals surface area (Å²) < 4.78 is 27.9. The molecule has 0 unspecified atom stereocenters. The maximum atomic E-state index is 12.6. The van der Waals surface area contributed by atoms with Gasteiger partial charge in [0.05, 0.1) is 4.90 Å². The van der Waals surface area contributed by atoms with E-state index in [2.05, 4.69) is 14.7 Å². The van der Waals surface area contributed by atoms with Crippen LogP contribution in [0.5, 0.6) is 0 Å². The van der Waals surface area contributed by atoms with Crippen molar-refractivity contribution in [2.75, 3.05) is 19.0 Å². The summed E-state index contributed by atoms with van der Waals surface area (Å²) in [6.07, 6.45) is 3.24. The van der Waals surface area contributed by atoms with E-state index in [1.165, 1.54) is 0 Å². The molecule has 6 nitrogen and oxygen atoms in total. The predicted molar refractivity (Wildman–Crippen MR) is 94.3 cm³/mol. The zero-order valence-corrected chi connectivity index (χ0v) is 14.3. The largest absolute Gasteiger partial charge is 0.347 e. The first-order valence-electron chi connectivity index (χ1n) is 7.43. The minimum absolute atomic E-state index is 0.138. The fourth-order valence-electron chi connectivity index (χ4n) is 2.36. The van der Waals surface area contributed by atoms with Crippen LogP contribution in [0.15, 0.2) is 59.8 Å². The molecule has 0 saturated carbocycles. The fourth-order valence-corrected chi connectivity index (χ4v) is 3.60. The number of nitrogens with zero attached hydrogens (tertiary/aromatic N) is 3. The molecule has 0 atom stereocenters. The van der Waals surface area contributed by atoms with E-state index in [9.17, 15) is 8.42 Å². The minimum atomic E-state index is -3.63. The first kappa shape index (κ1) is 16.4. The molecule has 0 spiro atoms. The number of hydrogen-bond donors (Lipinski definition) is 1. The Morgan fingerprint density at radius 2 is 1.67 bits per heavy atom. The molecule has 1 N–H and O–H groups in total. The van der Waals surface area contributed by atoms with Gasteiger partial charge in [0.1, 0.15) is 0 Å². The van der Waals surface area contributed by atoms with Gasteiger partial charge in [-0.05, 0) is 11.5 Å². The molecule has 0 saturated heterocycles. The number of nitrogens with one attached hydrogen (secondary N) is 1. The highest BCUT2D eigenvalue weighted by molar-refractivity contribution is 7.89. The van der Waals surface area contributed by atoms with E-state index in [-0.39, 0.29) is 11.4 Å². The standard InChI is InChI=1S/C17H18N4O2S/c1-21(2)17-18-10-13(11-19-17)12-20-24(22,23)16-9-5-7-14-6-3-4-8-15(14)16/h3-11,20H,12H2,1-2H3. The van der Waals surface area contributed by atoms with E-state index in [0.717, 1.165) is 5.39 Å². The van der Waals surface area contributed by atoms with Crippen molar-refractivity contribution in [3.63, 3.8) is 0 Å². The van der Waals surface area contributed by atoms with Crippen LogP contribution in [0.3, 0.4) is 0 Å². The van der Waals surface area contributed by atoms with E-state index >= 15 is 0 Å². The van der Waals surface area contributed by atoms with Crippen molar-refractivity contribution < 1.29 is 8.42 Å². The molecule has 3 aromatic rings. The second-order valence-corrected chi connectivity index (χ2v) is 7.32. The molecule has 0 bridgehead atoms. The molecule has 0 fully saturated rings. The summed E-state index contributed by atoms with van der Waals surface area (Å²) in [5.74, 6) is 0.579. The highest BCUT2D eigenvalue weighted by Crippen LogP contribution is 2.22. The van der Waals surface area contributed by atoms with Gasteiger partial charge in [0.15, 0.2) is 0 Å². The van der Waals surface area contributed by atoms with Gasteiger partial charge in [-0.2, -0.15) is 0 Å². The van der Waals surface area contributed by atoms with Gasteiger partial charge in [-0.25, -0.2) is 23.1 Å². The van der Waals surface area contributed by atoms with Gasteiger partial charge >= 0.3 is 0 Å². The Kier molecular flexibility index (Phi) is 4.46. The zero-order valence-electron chi connectivity index (χ0n) is 13.5. The lowest BCUT2D eigenvalue weighted by Gasteiger charge is -2.11. The lowest BCUT2D eigenvalue weighted by molar-refractivity contribution is 0.582. The summed E-state index contributed by atoms with van der Waals surface area (Å²) in [6.45, 7) is 0.138. The molecule has 0 aliphatic heterocycles. The Balaban J connectivity index is 1.83. The van der Waals surface area contributed by atoms with E-state index in [0.29, 0.717) is 16.9 Å². The number of benzene rings is 2. The summed E-state index contributed by atoms with van der Waals surface area (Å²) in [4.78, 5) is 10.4. The molecule has 0 aliphatic carbocycles. The molecule has 3 rings (SSSR count). The average molecular weight is 342 g/mol. The van der Waals surface area contributed by atoms with Crippen molar-refractivity contribution in [1.82, 2.24) is 14.7 Å². The maximum absolute atomic E-state index is 12.6. The van der Waals surface area contributed by atoms with Crippen molar-refractivity contribution in [2.24, 2.45) is 0 Å². The molecule has 24 heavy (non-hydrogen) atoms. The highest BCUT2D eigenvalue weighted by atomic mass is 32.2. The van der Waals surface area contributed by atoms with Gasteiger partial charge in [0, 0.05) is 44.0 Å². The van der Waals surface area contributed by atoms with Crippen LogP contribution in [0.1, 0.15) is 5.56 Å². The second-order valence-electron chi connectivity index (χ2n) is 5.59. The van der Waals surface area contributed by atoms with Gasteiger partial charge < -0.3 is 4.90 Å². The Labute approximate surface area is 141 Å². The third kappa shape index (κ3) is 3.37. The van der Waals surface area contributed by atoms with Crippen LogP contribution in [0, 0.1) is 0 Å². The van der Waals surface area contributed by atoms with Crippen LogP contribution in [-0.2, 0) is 16.6 Å². The third-order valence-electron chi connectivity index (χ3n) is 3.60. The lowest BCUT2D eigenvalue weighted by Crippen LogP contribution is -2.24. The minimum Gasteiger partial charge on any atom is -0.347 e. The number of aromatic nitrogens is 2. The number of sulfonamides is 1. The average Bonchev–Trinajstić information content (AvgIpc) is 2.60. The summed E-state index contributed by atoms with van der Waals surface area (Å²) in [5.41, 5.74) is 0.699. The van der Waals surface area contributed by atoms with Gasteiger partial charge in [-0.1, -0.05) is 36.4 Å². The van der Waals surface area contributed by atoms with Crippen LogP contribution in [0.25, 0.3) is 10.8 Å². The van der Waals surface area contributed by atoms with Crippen molar-refractivity contribution in [2.45, 2.75) is 11.4 Å². The Bertz CT molecular complexity index is 948. The second kappa shape index (κ2) is 6.54. The number of rotatable bonds is 5. The van der Waals surface area contributed by atoms with Gasteiger partial charge in [0.2, 0.25) is 16.0 Å². The highest BCUT2D eigenvalue weighted by Gasteiger charge is 2.16. The van der Waals surface area contributed by atoms with Gasteiger partial charge in [0.25, 0.3) is 0 Å². The topological polar surface area (TPSA) is 75.2 Å². The van der Waals surface area contributed by atoms with Crippen molar-refractivity contribution in [3.8, 4) is 0 Å². The fraction of sp³-hybridized carbons (Fsp3) is 0.176. The Hall–Kier alpha value is -2.51. The summed E-state index contributed by atoms with van der Waals surface area (Å²) in [6, 6.07) is 12.6. The monoisotopic (exact) mass is 342 g/mol. The van der Waals surface area contributed by atoms with Crippen LogP contribution < -0.4 is 9.62 Å². The normalized spacial score (nSPS) is 11.6. The molecule has 1 heterocycles. The quantitative estimate of drug-likeness (QED) is 0.769. The first-order valence-corrected chi connectivity index (χ1v) is 8.91. The zero-order chi connectivity index (χ0) is 17.2. The number of hydrogen-bond acceptors (Lipinski definition) is 5. The number of anilines is 1. The molecular weight excluding hydrogens is 324 g/mol. The van der Waals surface area contributed by atoms with E-state index in [1.807, 2.05) is 38.4 Å². The molecule has 124 valence electrons. The third-order valence-corrected chi connectivity index (χ3v) is 5.06.